The van der Waals surface area contributed by atoms with E-state index in [0.717, 1.165) is 50.9 Å². The van der Waals surface area contributed by atoms with E-state index in [2.05, 4.69) is 34.3 Å². The summed E-state index contributed by atoms with van der Waals surface area (Å²) in [5, 5.41) is 14.2. The van der Waals surface area contributed by atoms with E-state index in [9.17, 15) is 14.7 Å². The van der Waals surface area contributed by atoms with Crippen LogP contribution in [-0.2, 0) is 35.6 Å². The lowest BCUT2D eigenvalue weighted by Crippen LogP contribution is -2.55. The van der Waals surface area contributed by atoms with Crippen LogP contribution in [0.2, 0.25) is 10.0 Å². The molecule has 300 valence electrons. The van der Waals surface area contributed by atoms with Gasteiger partial charge in [-0.2, -0.15) is 0 Å². The first-order chi connectivity index (χ1) is 28.7. The van der Waals surface area contributed by atoms with Crippen molar-refractivity contribution in [1.29, 1.82) is 0 Å². The minimum absolute atomic E-state index is 0.0956. The minimum Gasteiger partial charge on any atom is -0.489 e. The third-order valence-corrected chi connectivity index (χ3v) is 11.7. The number of hydrogen-bond acceptors (Lipinski definition) is 7. The second kappa shape index (κ2) is 18.0. The lowest BCUT2D eigenvalue weighted by molar-refractivity contribution is -0.143. The highest BCUT2D eigenvalue weighted by molar-refractivity contribution is 6.42. The molecule has 11 heteroatoms. The summed E-state index contributed by atoms with van der Waals surface area (Å²) < 4.78 is 18.8. The third kappa shape index (κ3) is 9.23. The smallest absolute Gasteiger partial charge is 0.326 e. The molecule has 2 N–H and O–H groups in total. The zero-order valence-corrected chi connectivity index (χ0v) is 33.9. The number of hydrogen-bond donors (Lipinski definition) is 2. The van der Waals surface area contributed by atoms with Crippen molar-refractivity contribution in [2.45, 2.75) is 63.6 Å². The quantitative estimate of drug-likeness (QED) is 0.119. The van der Waals surface area contributed by atoms with Crippen molar-refractivity contribution >= 4 is 35.1 Å². The molecule has 1 aromatic heterocycles. The van der Waals surface area contributed by atoms with Crippen LogP contribution in [0.15, 0.2) is 134 Å². The van der Waals surface area contributed by atoms with Gasteiger partial charge in [0.2, 0.25) is 5.91 Å². The summed E-state index contributed by atoms with van der Waals surface area (Å²) in [6.45, 7) is 3.22. The number of carboxylic acids is 1. The van der Waals surface area contributed by atoms with Gasteiger partial charge in [0, 0.05) is 31.4 Å². The number of carboxylic acid groups (broad SMARTS) is 1. The zero-order chi connectivity index (χ0) is 40.9. The van der Waals surface area contributed by atoms with Crippen LogP contribution in [0, 0.1) is 0 Å². The molecule has 0 spiro atoms. The summed E-state index contributed by atoms with van der Waals surface area (Å²) in [5.74, 6) is 0.535. The van der Waals surface area contributed by atoms with E-state index in [1.807, 2.05) is 97.1 Å². The van der Waals surface area contributed by atoms with Gasteiger partial charge in [0.25, 0.3) is 0 Å². The van der Waals surface area contributed by atoms with Crippen molar-refractivity contribution < 1.29 is 28.9 Å². The van der Waals surface area contributed by atoms with Gasteiger partial charge in [-0.3, -0.25) is 14.7 Å². The molecule has 0 aliphatic carbocycles. The molecule has 0 fully saturated rings. The fourth-order valence-corrected chi connectivity index (χ4v) is 8.21. The Morgan fingerprint density at radius 1 is 0.864 bits per heavy atom. The number of benzene rings is 5. The molecule has 3 heterocycles. The Bertz CT molecular complexity index is 2420. The van der Waals surface area contributed by atoms with E-state index in [1.54, 1.807) is 24.5 Å². The first-order valence-electron chi connectivity index (χ1n) is 19.7. The van der Waals surface area contributed by atoms with Crippen molar-refractivity contribution in [1.82, 2.24) is 15.2 Å². The number of rotatable bonds is 13. The molecule has 0 saturated heterocycles. The van der Waals surface area contributed by atoms with E-state index >= 15 is 0 Å². The molecule has 6 aromatic rings. The van der Waals surface area contributed by atoms with Crippen LogP contribution in [0.3, 0.4) is 0 Å². The Hall–Kier alpha value is -5.87. The van der Waals surface area contributed by atoms with Gasteiger partial charge in [0.15, 0.2) is 17.6 Å². The highest BCUT2D eigenvalue weighted by atomic mass is 35.5. The highest BCUT2D eigenvalue weighted by Gasteiger charge is 2.38. The summed E-state index contributed by atoms with van der Waals surface area (Å²) in [6, 6.07) is 37.0. The van der Waals surface area contributed by atoms with Gasteiger partial charge in [-0.25, -0.2) is 4.79 Å². The summed E-state index contributed by atoms with van der Waals surface area (Å²) in [5.41, 5.74) is 7.69. The van der Waals surface area contributed by atoms with Crippen molar-refractivity contribution in [2.24, 2.45) is 0 Å². The van der Waals surface area contributed by atoms with Gasteiger partial charge < -0.3 is 24.6 Å². The van der Waals surface area contributed by atoms with Crippen molar-refractivity contribution in [3.05, 3.63) is 177 Å². The lowest BCUT2D eigenvalue weighted by atomic mass is 9.89. The van der Waals surface area contributed by atoms with Gasteiger partial charge >= 0.3 is 5.97 Å². The molecule has 4 atom stereocenters. The van der Waals surface area contributed by atoms with Gasteiger partial charge in [-0.05, 0) is 99.8 Å². The lowest BCUT2D eigenvalue weighted by Gasteiger charge is -2.42. The maximum atomic E-state index is 14.4. The number of aliphatic carboxylic acids is 1. The van der Waals surface area contributed by atoms with Crippen LogP contribution in [0.25, 0.3) is 11.1 Å². The molecule has 0 bridgehead atoms. The van der Waals surface area contributed by atoms with Crippen LogP contribution < -0.4 is 19.5 Å². The second-order valence-corrected chi connectivity index (χ2v) is 15.7. The fourth-order valence-electron chi connectivity index (χ4n) is 7.89. The Kier molecular flexibility index (Phi) is 12.2. The van der Waals surface area contributed by atoms with Crippen LogP contribution in [-0.4, -0.2) is 45.6 Å². The average Bonchev–Trinajstić information content (AvgIpc) is 3.26. The van der Waals surface area contributed by atoms with Crippen molar-refractivity contribution in [3.8, 4) is 28.4 Å². The monoisotopic (exact) mass is 827 g/mol. The van der Waals surface area contributed by atoms with E-state index in [4.69, 9.17) is 37.4 Å². The molecule has 1 amide bonds. The number of ether oxygens (including phenoxy) is 3. The van der Waals surface area contributed by atoms with Crippen molar-refractivity contribution in [2.75, 3.05) is 6.61 Å². The Morgan fingerprint density at radius 2 is 1.63 bits per heavy atom. The Balaban J connectivity index is 0.992. The number of nitrogens with one attached hydrogen (secondary N) is 1. The molecular formula is C48H43Cl2N3O6. The summed E-state index contributed by atoms with van der Waals surface area (Å²) in [7, 11) is 0. The molecule has 9 nitrogen and oxygen atoms in total. The van der Waals surface area contributed by atoms with Crippen LogP contribution in [0.4, 0.5) is 0 Å². The molecule has 2 aliphatic heterocycles. The highest BCUT2D eigenvalue weighted by Crippen LogP contribution is 2.42. The number of amides is 1. The summed E-state index contributed by atoms with van der Waals surface area (Å²) in [4.78, 5) is 33.4. The van der Waals surface area contributed by atoms with Crippen LogP contribution in [0.1, 0.15) is 58.9 Å². The van der Waals surface area contributed by atoms with Gasteiger partial charge in [-0.15, -0.1) is 0 Å². The number of fused-ring (bicyclic) bond motifs is 2. The predicted molar refractivity (Wildman–Crippen MR) is 228 cm³/mol. The second-order valence-electron chi connectivity index (χ2n) is 14.9. The minimum atomic E-state index is -1.12. The number of pyridine rings is 1. The largest absolute Gasteiger partial charge is 0.489 e. The van der Waals surface area contributed by atoms with Crippen LogP contribution >= 0.6 is 23.2 Å². The van der Waals surface area contributed by atoms with E-state index in [0.29, 0.717) is 53.5 Å². The number of carbonyl (C=O) groups is 2. The topological polar surface area (TPSA) is 110 Å². The first-order valence-corrected chi connectivity index (χ1v) is 20.4. The third-order valence-electron chi connectivity index (χ3n) is 11.0. The van der Waals surface area contributed by atoms with Gasteiger partial charge in [0.1, 0.15) is 25.0 Å². The summed E-state index contributed by atoms with van der Waals surface area (Å²) >= 11 is 12.2. The maximum absolute atomic E-state index is 14.4. The fraction of sp³-hybridized carbons (Fsp3) is 0.229. The molecular weight excluding hydrogens is 785 g/mol. The predicted octanol–water partition coefficient (Wildman–Crippen LogP) is 9.84. The molecule has 2 aliphatic rings. The van der Waals surface area contributed by atoms with E-state index in [1.165, 1.54) is 0 Å². The molecule has 8 rings (SSSR count). The Morgan fingerprint density at radius 3 is 2.34 bits per heavy atom. The first kappa shape index (κ1) is 39.9. The normalized spacial score (nSPS) is 17.0. The van der Waals surface area contributed by atoms with E-state index < -0.39 is 18.1 Å². The molecule has 5 aromatic carbocycles. The standard InChI is InChI=1S/C48H43Cl2N3O6/c1-2-42(33-7-4-3-5-8-33)53-27-37-25-45-44(58-29-46(59-45)34-15-17-38(18-16-34)57-28-31-12-19-39(49)40(50)21-31)24-36(37)23-43(53)47(54)52-41(48(55)56)22-30-10-13-32(14-11-30)35-9-6-20-51-26-35/h3-21,24-26,41-43,46H,2,22-23,27-29H2,1H3,(H,52,54)(H,55,56)/t41-,42-,43-,46+/m0/s1. The SMILES string of the molecule is CC[C@@H](c1ccccc1)N1Cc2cc3c(cc2C[C@H]1C(=O)N[C@@H](Cc1ccc(-c2cccnc2)cc1)C(=O)O)OC[C@H](c1ccc(OCc2ccc(Cl)c(Cl)c2)cc1)O3. The molecule has 0 saturated carbocycles. The molecule has 59 heavy (non-hydrogen) atoms. The number of carbonyl (C=O) groups excluding carboxylic acids is 1. The van der Waals surface area contributed by atoms with E-state index in [-0.39, 0.29) is 24.5 Å². The van der Waals surface area contributed by atoms with Crippen LogP contribution in [0.5, 0.6) is 17.2 Å². The molecule has 0 radical (unpaired) electrons. The van der Waals surface area contributed by atoms with Crippen molar-refractivity contribution in [3.63, 3.8) is 0 Å². The number of halogens is 2. The number of aromatic nitrogens is 1. The summed E-state index contributed by atoms with van der Waals surface area (Å²) in [6.07, 6.45) is 4.43. The molecule has 0 unspecified atom stereocenters. The van der Waals surface area contributed by atoms with Gasteiger partial charge in [0.05, 0.1) is 16.1 Å². The Labute approximate surface area is 353 Å². The van der Waals surface area contributed by atoms with Gasteiger partial charge in [-0.1, -0.05) is 109 Å². The number of nitrogens with zero attached hydrogens (tertiary/aromatic N) is 2. The maximum Gasteiger partial charge on any atom is 0.326 e. The zero-order valence-electron chi connectivity index (χ0n) is 32.4. The average molecular weight is 829 g/mol.